The van der Waals surface area contributed by atoms with Crippen LogP contribution in [0.4, 0.5) is 5.69 Å². The summed E-state index contributed by atoms with van der Waals surface area (Å²) in [7, 11) is -3.73. The molecule has 3 aromatic rings. The number of carbonyl (C=O) groups is 1. The molecule has 138 valence electrons. The second-order valence-electron chi connectivity index (χ2n) is 5.71. The number of anilines is 1. The zero-order valence-electron chi connectivity index (χ0n) is 14.1. The lowest BCUT2D eigenvalue weighted by atomic mass is 10.2. The molecule has 0 aliphatic rings. The fourth-order valence-corrected chi connectivity index (χ4v) is 3.67. The van der Waals surface area contributed by atoms with E-state index in [9.17, 15) is 13.2 Å². The Hall–Kier alpha value is -2.83. The molecule has 0 saturated carbocycles. The fraction of sp³-hybridized carbons (Fsp3) is 0.0500. The monoisotopic (exact) mass is 401 g/mol. The molecule has 0 heterocycles. The molecule has 27 heavy (non-hydrogen) atoms. The molecule has 1 N–H and O–H groups in total. The minimum Gasteiger partial charge on any atom is -0.457 e. The molecule has 0 fully saturated rings. The van der Waals surface area contributed by atoms with Gasteiger partial charge in [-0.3, -0.25) is 4.72 Å². The van der Waals surface area contributed by atoms with Crippen molar-refractivity contribution in [3.05, 3.63) is 95.0 Å². The number of rotatable bonds is 6. The van der Waals surface area contributed by atoms with Gasteiger partial charge in [-0.25, -0.2) is 13.2 Å². The van der Waals surface area contributed by atoms with Crippen LogP contribution < -0.4 is 4.72 Å². The summed E-state index contributed by atoms with van der Waals surface area (Å²) in [5, 5.41) is 0.556. The number of ether oxygens (including phenoxy) is 1. The van der Waals surface area contributed by atoms with Crippen molar-refractivity contribution in [3.63, 3.8) is 0 Å². The molecule has 0 spiro atoms. The van der Waals surface area contributed by atoms with Gasteiger partial charge in [0.05, 0.1) is 10.5 Å². The van der Waals surface area contributed by atoms with Crippen LogP contribution in [-0.2, 0) is 21.4 Å². The van der Waals surface area contributed by atoms with E-state index >= 15 is 0 Å². The summed E-state index contributed by atoms with van der Waals surface area (Å²) in [5.74, 6) is -0.560. The minimum absolute atomic E-state index is 0.0688. The Labute approximate surface area is 162 Å². The van der Waals surface area contributed by atoms with Crippen LogP contribution in [0.25, 0.3) is 0 Å². The molecule has 0 radical (unpaired) electrons. The zero-order chi connectivity index (χ0) is 19.3. The van der Waals surface area contributed by atoms with Gasteiger partial charge in [-0.1, -0.05) is 48.0 Å². The molecular weight excluding hydrogens is 386 g/mol. The smallest absolute Gasteiger partial charge is 0.338 e. The van der Waals surface area contributed by atoms with Crippen LogP contribution >= 0.6 is 11.6 Å². The number of benzene rings is 3. The van der Waals surface area contributed by atoms with Gasteiger partial charge in [0.15, 0.2) is 0 Å². The van der Waals surface area contributed by atoms with Crippen molar-refractivity contribution in [3.8, 4) is 0 Å². The molecule has 0 aliphatic carbocycles. The number of carbonyl (C=O) groups excluding carboxylic acids is 1. The first-order valence-corrected chi connectivity index (χ1v) is 9.90. The van der Waals surface area contributed by atoms with Crippen LogP contribution in [-0.4, -0.2) is 14.4 Å². The molecule has 3 rings (SSSR count). The van der Waals surface area contributed by atoms with Crippen LogP contribution in [0.2, 0.25) is 5.02 Å². The highest BCUT2D eigenvalue weighted by Gasteiger charge is 2.15. The van der Waals surface area contributed by atoms with Gasteiger partial charge in [-0.2, -0.15) is 0 Å². The van der Waals surface area contributed by atoms with Crippen LogP contribution in [0.5, 0.6) is 0 Å². The van der Waals surface area contributed by atoms with E-state index in [4.69, 9.17) is 16.3 Å². The molecule has 0 aliphatic heterocycles. The largest absolute Gasteiger partial charge is 0.457 e. The van der Waals surface area contributed by atoms with Gasteiger partial charge in [0, 0.05) is 10.7 Å². The van der Waals surface area contributed by atoms with E-state index in [2.05, 4.69) is 4.72 Å². The fourth-order valence-electron chi connectivity index (χ4n) is 2.38. The Morgan fingerprint density at radius 2 is 1.67 bits per heavy atom. The van der Waals surface area contributed by atoms with Crippen molar-refractivity contribution in [1.82, 2.24) is 0 Å². The van der Waals surface area contributed by atoms with Gasteiger partial charge >= 0.3 is 5.97 Å². The maximum absolute atomic E-state index is 12.4. The van der Waals surface area contributed by atoms with Gasteiger partial charge in [-0.05, 0) is 48.0 Å². The summed E-state index contributed by atoms with van der Waals surface area (Å²) in [4.78, 5) is 12.4. The molecule has 5 nitrogen and oxygen atoms in total. The summed E-state index contributed by atoms with van der Waals surface area (Å²) >= 11 is 5.90. The summed E-state index contributed by atoms with van der Waals surface area (Å²) in [6.45, 7) is 0.0688. The molecular formula is C20H16ClNO4S. The Morgan fingerprint density at radius 3 is 2.41 bits per heavy atom. The van der Waals surface area contributed by atoms with E-state index in [1.165, 1.54) is 18.2 Å². The lowest BCUT2D eigenvalue weighted by molar-refractivity contribution is 0.0472. The second-order valence-corrected chi connectivity index (χ2v) is 7.82. The van der Waals surface area contributed by atoms with E-state index in [0.717, 1.165) is 5.56 Å². The number of hydrogen-bond acceptors (Lipinski definition) is 4. The van der Waals surface area contributed by atoms with Crippen LogP contribution in [0.15, 0.2) is 83.8 Å². The van der Waals surface area contributed by atoms with Gasteiger partial charge in [0.2, 0.25) is 0 Å². The topological polar surface area (TPSA) is 72.5 Å². The van der Waals surface area contributed by atoms with Crippen molar-refractivity contribution < 1.29 is 17.9 Å². The number of hydrogen-bond donors (Lipinski definition) is 1. The molecule has 0 aromatic heterocycles. The first-order valence-electron chi connectivity index (χ1n) is 8.03. The van der Waals surface area contributed by atoms with E-state index in [-0.39, 0.29) is 22.8 Å². The van der Waals surface area contributed by atoms with E-state index < -0.39 is 16.0 Å². The van der Waals surface area contributed by atoms with Gasteiger partial charge in [0.25, 0.3) is 10.0 Å². The Morgan fingerprint density at radius 1 is 0.926 bits per heavy atom. The number of esters is 1. The minimum atomic E-state index is -3.73. The van der Waals surface area contributed by atoms with Gasteiger partial charge < -0.3 is 4.74 Å². The molecule has 0 saturated heterocycles. The van der Waals surface area contributed by atoms with E-state index in [1.807, 2.05) is 0 Å². The Balaban J connectivity index is 1.70. The summed E-state index contributed by atoms with van der Waals surface area (Å²) < 4.78 is 32.5. The maximum atomic E-state index is 12.4. The predicted molar refractivity (Wildman–Crippen MR) is 104 cm³/mol. The highest BCUT2D eigenvalue weighted by molar-refractivity contribution is 7.92. The van der Waals surface area contributed by atoms with Crippen LogP contribution in [0.3, 0.4) is 0 Å². The Kier molecular flexibility index (Phi) is 5.78. The lowest BCUT2D eigenvalue weighted by Crippen LogP contribution is -2.13. The third-order valence-electron chi connectivity index (χ3n) is 3.66. The first-order chi connectivity index (χ1) is 12.9. The third kappa shape index (κ3) is 5.09. The predicted octanol–water partition coefficient (Wildman–Crippen LogP) is 4.50. The van der Waals surface area contributed by atoms with Crippen LogP contribution in [0.1, 0.15) is 15.9 Å². The van der Waals surface area contributed by atoms with Gasteiger partial charge in [0.1, 0.15) is 6.61 Å². The van der Waals surface area contributed by atoms with Crippen molar-refractivity contribution >= 4 is 33.3 Å². The average Bonchev–Trinajstić information content (AvgIpc) is 2.67. The quantitative estimate of drug-likeness (QED) is 0.617. The SMILES string of the molecule is O=C(OCc1cccc(Cl)c1)c1cccc(NS(=O)(=O)c2ccccc2)c1. The molecule has 0 atom stereocenters. The number of halogens is 1. The number of nitrogens with one attached hydrogen (secondary N) is 1. The maximum Gasteiger partial charge on any atom is 0.338 e. The molecule has 0 amide bonds. The standard InChI is InChI=1S/C20H16ClNO4S/c21-17-8-4-6-15(12-17)14-26-20(23)16-7-5-9-18(13-16)22-27(24,25)19-10-2-1-3-11-19/h1-13,22H,14H2. The lowest BCUT2D eigenvalue weighted by Gasteiger charge is -2.10. The highest BCUT2D eigenvalue weighted by Crippen LogP contribution is 2.18. The van der Waals surface area contributed by atoms with E-state index in [0.29, 0.717) is 5.02 Å². The average molecular weight is 402 g/mol. The zero-order valence-corrected chi connectivity index (χ0v) is 15.7. The van der Waals surface area contributed by atoms with Crippen LogP contribution in [0, 0.1) is 0 Å². The van der Waals surface area contributed by atoms with Crippen molar-refractivity contribution in [1.29, 1.82) is 0 Å². The third-order valence-corrected chi connectivity index (χ3v) is 5.30. The summed E-state index contributed by atoms with van der Waals surface area (Å²) in [6, 6.07) is 21.1. The van der Waals surface area contributed by atoms with Crippen molar-refractivity contribution in [2.24, 2.45) is 0 Å². The normalized spacial score (nSPS) is 11.0. The van der Waals surface area contributed by atoms with E-state index in [1.54, 1.807) is 60.7 Å². The summed E-state index contributed by atoms with van der Waals surface area (Å²) in [6.07, 6.45) is 0. The molecule has 3 aromatic carbocycles. The Bertz CT molecular complexity index is 1050. The molecule has 7 heteroatoms. The molecule has 0 bridgehead atoms. The van der Waals surface area contributed by atoms with Crippen molar-refractivity contribution in [2.45, 2.75) is 11.5 Å². The van der Waals surface area contributed by atoms with Gasteiger partial charge in [-0.15, -0.1) is 0 Å². The summed E-state index contributed by atoms with van der Waals surface area (Å²) in [5.41, 5.74) is 1.28. The first kappa shape index (κ1) is 18.9. The number of sulfonamides is 1. The molecule has 0 unspecified atom stereocenters. The van der Waals surface area contributed by atoms with Crippen molar-refractivity contribution in [2.75, 3.05) is 4.72 Å². The second kappa shape index (κ2) is 8.24. The highest BCUT2D eigenvalue weighted by atomic mass is 35.5.